The van der Waals surface area contributed by atoms with Crippen molar-refractivity contribution in [1.29, 1.82) is 0 Å². The predicted octanol–water partition coefficient (Wildman–Crippen LogP) is 5.70. The molecule has 0 spiro atoms. The van der Waals surface area contributed by atoms with Gasteiger partial charge in [0, 0.05) is 5.56 Å². The van der Waals surface area contributed by atoms with Gasteiger partial charge in [-0.2, -0.15) is 0 Å². The number of carbonyl (C=O) groups is 2. The van der Waals surface area contributed by atoms with Crippen molar-refractivity contribution in [2.24, 2.45) is 0 Å². The van der Waals surface area contributed by atoms with Gasteiger partial charge < -0.3 is 9.47 Å². The number of Topliss-reactive ketones (excluding diaryl/α,β-unsaturated/α-hetero) is 1. The average Bonchev–Trinajstić information content (AvgIpc) is 3.07. The predicted molar refractivity (Wildman–Crippen MR) is 116 cm³/mol. The highest BCUT2D eigenvalue weighted by atomic mass is 16.5. The second kappa shape index (κ2) is 7.99. The smallest absolute Gasteiger partial charge is 0.343 e. The maximum atomic E-state index is 12.8. The Morgan fingerprint density at radius 1 is 0.967 bits per heavy atom. The first-order chi connectivity index (χ1) is 14.5. The Hall–Kier alpha value is -3.66. The number of esters is 1. The third kappa shape index (κ3) is 3.77. The van der Waals surface area contributed by atoms with Gasteiger partial charge in [-0.3, -0.25) is 4.79 Å². The molecule has 0 atom stereocenters. The summed E-state index contributed by atoms with van der Waals surface area (Å²) in [6.45, 7) is 5.83. The second-order valence-electron chi connectivity index (χ2n) is 7.36. The van der Waals surface area contributed by atoms with Gasteiger partial charge in [-0.15, -0.1) is 0 Å². The summed E-state index contributed by atoms with van der Waals surface area (Å²) in [4.78, 5) is 25.2. The van der Waals surface area contributed by atoms with E-state index in [1.54, 1.807) is 37.3 Å². The zero-order valence-corrected chi connectivity index (χ0v) is 17.2. The van der Waals surface area contributed by atoms with E-state index in [9.17, 15) is 9.59 Å². The highest BCUT2D eigenvalue weighted by molar-refractivity contribution is 6.15. The minimum Gasteiger partial charge on any atom is -0.452 e. The van der Waals surface area contributed by atoms with Gasteiger partial charge in [0.2, 0.25) is 5.78 Å². The van der Waals surface area contributed by atoms with E-state index in [2.05, 4.69) is 6.92 Å². The van der Waals surface area contributed by atoms with Crippen LogP contribution in [0.15, 0.2) is 66.4 Å². The minimum absolute atomic E-state index is 0.177. The molecule has 0 N–H and O–H groups in total. The van der Waals surface area contributed by atoms with Crippen LogP contribution in [0.1, 0.15) is 49.9 Å². The number of aryl methyl sites for hydroxylation is 2. The summed E-state index contributed by atoms with van der Waals surface area (Å²) in [6, 6.07) is 18.5. The van der Waals surface area contributed by atoms with Crippen molar-refractivity contribution in [3.63, 3.8) is 0 Å². The van der Waals surface area contributed by atoms with Gasteiger partial charge in [-0.25, -0.2) is 4.79 Å². The van der Waals surface area contributed by atoms with Crippen LogP contribution < -0.4 is 9.47 Å². The Balaban J connectivity index is 1.58. The number of allylic oxidation sites excluding steroid dienone is 1. The van der Waals surface area contributed by atoms with Gasteiger partial charge in [0.1, 0.15) is 11.5 Å². The SMILES string of the molecule is CCc1ccc(/C=C2\Oc3c(ccc(OC(=O)c4ccc(C)cc4)c3C)C2=O)cc1. The van der Waals surface area contributed by atoms with E-state index in [0.29, 0.717) is 28.2 Å². The molecule has 0 unspecified atom stereocenters. The Bertz CT molecular complexity index is 1150. The molecule has 150 valence electrons. The quantitative estimate of drug-likeness (QED) is 0.321. The summed E-state index contributed by atoms with van der Waals surface area (Å²) in [5.41, 5.74) is 4.75. The molecule has 0 fully saturated rings. The number of rotatable bonds is 4. The molecule has 0 radical (unpaired) electrons. The van der Waals surface area contributed by atoms with Gasteiger partial charge in [0.25, 0.3) is 0 Å². The lowest BCUT2D eigenvalue weighted by Crippen LogP contribution is -2.09. The molecule has 4 nitrogen and oxygen atoms in total. The van der Waals surface area contributed by atoms with Crippen molar-refractivity contribution in [1.82, 2.24) is 0 Å². The van der Waals surface area contributed by atoms with Crippen LogP contribution in [0, 0.1) is 13.8 Å². The summed E-state index contributed by atoms with van der Waals surface area (Å²) in [7, 11) is 0. The van der Waals surface area contributed by atoms with E-state index in [1.165, 1.54) is 5.56 Å². The van der Waals surface area contributed by atoms with Crippen LogP contribution in [-0.4, -0.2) is 11.8 Å². The van der Waals surface area contributed by atoms with Crippen LogP contribution in [0.3, 0.4) is 0 Å². The molecule has 1 aliphatic rings. The highest BCUT2D eigenvalue weighted by Crippen LogP contribution is 2.39. The number of fused-ring (bicyclic) bond motifs is 1. The third-order valence-corrected chi connectivity index (χ3v) is 5.21. The van der Waals surface area contributed by atoms with Crippen molar-refractivity contribution < 1.29 is 19.1 Å². The van der Waals surface area contributed by atoms with Gasteiger partial charge in [-0.1, -0.05) is 48.9 Å². The largest absolute Gasteiger partial charge is 0.452 e. The van der Waals surface area contributed by atoms with Gasteiger partial charge in [-0.05, 0) is 61.7 Å². The molecule has 1 aliphatic heterocycles. The maximum Gasteiger partial charge on any atom is 0.343 e. The number of carbonyl (C=O) groups excluding carboxylic acids is 2. The molecule has 0 amide bonds. The van der Waals surface area contributed by atoms with E-state index in [-0.39, 0.29) is 11.5 Å². The van der Waals surface area contributed by atoms with Crippen LogP contribution in [0.5, 0.6) is 11.5 Å². The van der Waals surface area contributed by atoms with Crippen molar-refractivity contribution in [3.8, 4) is 11.5 Å². The van der Waals surface area contributed by atoms with Crippen molar-refractivity contribution in [2.75, 3.05) is 0 Å². The van der Waals surface area contributed by atoms with Crippen molar-refractivity contribution >= 4 is 17.8 Å². The van der Waals surface area contributed by atoms with Crippen molar-refractivity contribution in [2.45, 2.75) is 27.2 Å². The molecule has 0 aliphatic carbocycles. The molecule has 1 heterocycles. The lowest BCUT2D eigenvalue weighted by molar-refractivity contribution is 0.0733. The first-order valence-corrected chi connectivity index (χ1v) is 9.92. The first-order valence-electron chi connectivity index (χ1n) is 9.92. The molecular formula is C26H22O4. The number of ether oxygens (including phenoxy) is 2. The monoisotopic (exact) mass is 398 g/mol. The van der Waals surface area contributed by atoms with E-state index >= 15 is 0 Å². The van der Waals surface area contributed by atoms with E-state index < -0.39 is 5.97 Å². The average molecular weight is 398 g/mol. The number of ketones is 1. The fourth-order valence-electron chi connectivity index (χ4n) is 3.33. The second-order valence-corrected chi connectivity index (χ2v) is 7.36. The number of hydrogen-bond donors (Lipinski definition) is 0. The standard InChI is InChI=1S/C26H22O4/c1-4-18-7-9-19(10-8-18)15-23-24(27)21-13-14-22(17(3)25(21)29-23)30-26(28)20-11-5-16(2)6-12-20/h5-15H,4H2,1-3H3/b23-15-. The fourth-order valence-corrected chi connectivity index (χ4v) is 3.33. The summed E-state index contributed by atoms with van der Waals surface area (Å²) in [5.74, 6) is 0.448. The molecular weight excluding hydrogens is 376 g/mol. The highest BCUT2D eigenvalue weighted by Gasteiger charge is 2.30. The topological polar surface area (TPSA) is 52.6 Å². The molecule has 0 saturated carbocycles. The van der Waals surface area contributed by atoms with E-state index in [0.717, 1.165) is 17.5 Å². The minimum atomic E-state index is -0.450. The third-order valence-electron chi connectivity index (χ3n) is 5.21. The lowest BCUT2D eigenvalue weighted by atomic mass is 10.0. The number of benzene rings is 3. The summed E-state index contributed by atoms with van der Waals surface area (Å²) >= 11 is 0. The lowest BCUT2D eigenvalue weighted by Gasteiger charge is -2.10. The van der Waals surface area contributed by atoms with Crippen LogP contribution >= 0.6 is 0 Å². The van der Waals surface area contributed by atoms with Gasteiger partial charge >= 0.3 is 5.97 Å². The molecule has 3 aromatic carbocycles. The Labute approximate surface area is 175 Å². The molecule has 3 aromatic rings. The van der Waals surface area contributed by atoms with Gasteiger partial charge in [0.15, 0.2) is 5.76 Å². The zero-order chi connectivity index (χ0) is 21.3. The Morgan fingerprint density at radius 2 is 1.67 bits per heavy atom. The van der Waals surface area contributed by atoms with Crippen LogP contribution in [0.25, 0.3) is 6.08 Å². The summed E-state index contributed by atoms with van der Waals surface area (Å²) in [5, 5.41) is 0. The molecule has 0 aromatic heterocycles. The fraction of sp³-hybridized carbons (Fsp3) is 0.154. The normalized spacial score (nSPS) is 13.8. The summed E-state index contributed by atoms with van der Waals surface area (Å²) in [6.07, 6.45) is 2.69. The van der Waals surface area contributed by atoms with Crippen LogP contribution in [0.4, 0.5) is 0 Å². The van der Waals surface area contributed by atoms with Crippen molar-refractivity contribution in [3.05, 3.63) is 99.8 Å². The van der Waals surface area contributed by atoms with Crippen LogP contribution in [0.2, 0.25) is 0 Å². The van der Waals surface area contributed by atoms with E-state index in [4.69, 9.17) is 9.47 Å². The molecule has 4 heteroatoms. The molecule has 0 bridgehead atoms. The van der Waals surface area contributed by atoms with Gasteiger partial charge in [0.05, 0.1) is 11.1 Å². The number of hydrogen-bond acceptors (Lipinski definition) is 4. The first kappa shape index (κ1) is 19.6. The Morgan fingerprint density at radius 3 is 2.33 bits per heavy atom. The summed E-state index contributed by atoms with van der Waals surface area (Å²) < 4.78 is 11.4. The molecule has 4 rings (SSSR count). The molecule has 30 heavy (non-hydrogen) atoms. The zero-order valence-electron chi connectivity index (χ0n) is 17.2. The van der Waals surface area contributed by atoms with Crippen LogP contribution in [-0.2, 0) is 6.42 Å². The Kier molecular flexibility index (Phi) is 5.23. The van der Waals surface area contributed by atoms with E-state index in [1.807, 2.05) is 43.3 Å². The molecule has 0 saturated heterocycles. The maximum absolute atomic E-state index is 12.8.